The monoisotopic (exact) mass is 344 g/mol. The molecule has 2 saturated heterocycles. The Kier molecular flexibility index (Phi) is 5.20. The van der Waals surface area contributed by atoms with Crippen LogP contribution in [0.1, 0.15) is 42.7 Å². The van der Waals surface area contributed by atoms with Crippen molar-refractivity contribution in [3.63, 3.8) is 0 Å². The van der Waals surface area contributed by atoms with Crippen LogP contribution >= 0.6 is 0 Å². The average Bonchev–Trinajstić information content (AvgIpc) is 3.27. The minimum atomic E-state index is 0.164. The van der Waals surface area contributed by atoms with Crippen LogP contribution < -0.4 is 0 Å². The van der Waals surface area contributed by atoms with Gasteiger partial charge in [-0.2, -0.15) is 0 Å². The van der Waals surface area contributed by atoms with Crippen LogP contribution in [0.2, 0.25) is 0 Å². The van der Waals surface area contributed by atoms with Crippen LogP contribution in [-0.2, 0) is 24.9 Å². The minimum absolute atomic E-state index is 0.164. The van der Waals surface area contributed by atoms with Crippen molar-refractivity contribution in [2.45, 2.75) is 38.5 Å². The van der Waals surface area contributed by atoms with E-state index in [4.69, 9.17) is 9.15 Å². The molecule has 136 valence electrons. The van der Waals surface area contributed by atoms with Gasteiger partial charge >= 0.3 is 0 Å². The number of ether oxygens (including phenoxy) is 1. The quantitative estimate of drug-likeness (QED) is 0.834. The first-order valence-corrected chi connectivity index (χ1v) is 9.39. The normalized spacial score (nSPS) is 23.2. The predicted molar refractivity (Wildman–Crippen MR) is 95.0 cm³/mol. The fourth-order valence-electron chi connectivity index (χ4n) is 3.69. The highest BCUT2D eigenvalue weighted by molar-refractivity contribution is 5.10. The van der Waals surface area contributed by atoms with Gasteiger partial charge in [0, 0.05) is 52.2 Å². The molecule has 2 fully saturated rings. The second-order valence-electron chi connectivity index (χ2n) is 7.17. The molecule has 4 heterocycles. The molecule has 25 heavy (non-hydrogen) atoms. The van der Waals surface area contributed by atoms with Crippen molar-refractivity contribution in [3.8, 4) is 0 Å². The van der Waals surface area contributed by atoms with Gasteiger partial charge in [-0.15, -0.1) is 0 Å². The predicted octanol–water partition coefficient (Wildman–Crippen LogP) is 2.57. The number of hydrogen-bond donors (Lipinski definition) is 0. The van der Waals surface area contributed by atoms with Crippen molar-refractivity contribution in [3.05, 3.63) is 41.9 Å². The number of rotatable bonds is 5. The average molecular weight is 344 g/mol. The van der Waals surface area contributed by atoms with Gasteiger partial charge in [0.2, 0.25) is 0 Å². The Hall–Kier alpha value is -1.63. The number of aromatic nitrogens is 2. The Morgan fingerprint density at radius 3 is 2.56 bits per heavy atom. The topological polar surface area (TPSA) is 46.7 Å². The summed E-state index contributed by atoms with van der Waals surface area (Å²) in [5, 5.41) is 0. The molecule has 1 atom stereocenters. The standard InChI is InChI=1S/C19H28N4O2/c1-21-8-7-20-19(21)15-23-11-9-22(10-12-23)14-16-5-6-18(25-16)17-4-2-3-13-24-17/h5-8,17H,2-4,9-15H2,1H3/t17-/m0/s1. The van der Waals surface area contributed by atoms with E-state index in [2.05, 4.69) is 38.5 Å². The van der Waals surface area contributed by atoms with Crippen molar-refractivity contribution >= 4 is 0 Å². The van der Waals surface area contributed by atoms with E-state index in [1.165, 1.54) is 12.8 Å². The summed E-state index contributed by atoms with van der Waals surface area (Å²) in [6, 6.07) is 4.22. The summed E-state index contributed by atoms with van der Waals surface area (Å²) >= 11 is 0. The highest BCUT2D eigenvalue weighted by atomic mass is 16.5. The molecule has 6 nitrogen and oxygen atoms in total. The number of aryl methyl sites for hydroxylation is 1. The summed E-state index contributed by atoms with van der Waals surface area (Å²) in [5.74, 6) is 3.20. The Morgan fingerprint density at radius 1 is 1.08 bits per heavy atom. The molecule has 2 aliphatic heterocycles. The van der Waals surface area contributed by atoms with E-state index in [1.807, 2.05) is 12.4 Å². The van der Waals surface area contributed by atoms with Crippen LogP contribution in [0.15, 0.2) is 28.9 Å². The molecule has 2 aliphatic rings. The van der Waals surface area contributed by atoms with Gasteiger partial charge in [0.1, 0.15) is 23.4 Å². The second kappa shape index (κ2) is 7.72. The van der Waals surface area contributed by atoms with Gasteiger partial charge in [-0.05, 0) is 31.4 Å². The number of nitrogens with zero attached hydrogens (tertiary/aromatic N) is 4. The fraction of sp³-hybridized carbons (Fsp3) is 0.632. The highest BCUT2D eigenvalue weighted by Crippen LogP contribution is 2.29. The highest BCUT2D eigenvalue weighted by Gasteiger charge is 2.22. The first-order chi connectivity index (χ1) is 12.3. The molecule has 0 radical (unpaired) electrons. The molecule has 0 amide bonds. The Balaban J connectivity index is 1.26. The lowest BCUT2D eigenvalue weighted by atomic mass is 10.1. The van der Waals surface area contributed by atoms with E-state index in [0.717, 1.165) is 69.6 Å². The van der Waals surface area contributed by atoms with Crippen molar-refractivity contribution in [1.82, 2.24) is 19.4 Å². The Bertz CT molecular complexity index is 667. The minimum Gasteiger partial charge on any atom is -0.462 e. The smallest absolute Gasteiger partial charge is 0.133 e. The molecule has 0 spiro atoms. The van der Waals surface area contributed by atoms with Crippen molar-refractivity contribution in [2.75, 3.05) is 32.8 Å². The van der Waals surface area contributed by atoms with Crippen LogP contribution in [0.3, 0.4) is 0 Å². The van der Waals surface area contributed by atoms with Gasteiger partial charge in [0.05, 0.1) is 13.1 Å². The van der Waals surface area contributed by atoms with E-state index in [-0.39, 0.29) is 6.10 Å². The molecule has 0 aromatic carbocycles. The molecule has 0 unspecified atom stereocenters. The lowest BCUT2D eigenvalue weighted by molar-refractivity contribution is 0.000624. The van der Waals surface area contributed by atoms with Gasteiger partial charge in [0.15, 0.2) is 0 Å². The molecule has 0 aliphatic carbocycles. The number of furan rings is 1. The molecule has 2 aromatic rings. The van der Waals surface area contributed by atoms with Crippen LogP contribution in [-0.4, -0.2) is 52.1 Å². The van der Waals surface area contributed by atoms with Gasteiger partial charge < -0.3 is 13.7 Å². The molecule has 0 N–H and O–H groups in total. The van der Waals surface area contributed by atoms with Gasteiger partial charge in [0.25, 0.3) is 0 Å². The van der Waals surface area contributed by atoms with E-state index < -0.39 is 0 Å². The van der Waals surface area contributed by atoms with Crippen molar-refractivity contribution in [2.24, 2.45) is 7.05 Å². The third kappa shape index (κ3) is 4.14. The molecular formula is C19H28N4O2. The Morgan fingerprint density at radius 2 is 1.88 bits per heavy atom. The maximum Gasteiger partial charge on any atom is 0.133 e. The lowest BCUT2D eigenvalue weighted by Gasteiger charge is -2.34. The third-order valence-corrected chi connectivity index (χ3v) is 5.31. The van der Waals surface area contributed by atoms with E-state index in [1.54, 1.807) is 0 Å². The van der Waals surface area contributed by atoms with Gasteiger partial charge in [-0.25, -0.2) is 4.98 Å². The van der Waals surface area contributed by atoms with Gasteiger partial charge in [-0.3, -0.25) is 9.80 Å². The summed E-state index contributed by atoms with van der Waals surface area (Å²) < 4.78 is 14.0. The van der Waals surface area contributed by atoms with Gasteiger partial charge in [-0.1, -0.05) is 0 Å². The summed E-state index contributed by atoms with van der Waals surface area (Å²) in [4.78, 5) is 9.37. The zero-order chi connectivity index (χ0) is 17.1. The molecule has 0 saturated carbocycles. The maximum atomic E-state index is 6.06. The molecule has 2 aromatic heterocycles. The molecule has 6 heteroatoms. The molecular weight excluding hydrogens is 316 g/mol. The largest absolute Gasteiger partial charge is 0.462 e. The molecule has 4 rings (SSSR count). The zero-order valence-corrected chi connectivity index (χ0v) is 15.1. The van der Waals surface area contributed by atoms with Crippen LogP contribution in [0.5, 0.6) is 0 Å². The fourth-order valence-corrected chi connectivity index (χ4v) is 3.69. The lowest BCUT2D eigenvalue weighted by Crippen LogP contribution is -2.45. The zero-order valence-electron chi connectivity index (χ0n) is 15.1. The first-order valence-electron chi connectivity index (χ1n) is 9.39. The van der Waals surface area contributed by atoms with Crippen molar-refractivity contribution < 1.29 is 9.15 Å². The van der Waals surface area contributed by atoms with E-state index >= 15 is 0 Å². The van der Waals surface area contributed by atoms with Crippen molar-refractivity contribution in [1.29, 1.82) is 0 Å². The summed E-state index contributed by atoms with van der Waals surface area (Å²) in [6.07, 6.45) is 7.54. The van der Waals surface area contributed by atoms with E-state index in [9.17, 15) is 0 Å². The first kappa shape index (κ1) is 16.8. The van der Waals surface area contributed by atoms with Crippen LogP contribution in [0.4, 0.5) is 0 Å². The summed E-state index contributed by atoms with van der Waals surface area (Å²) in [5.41, 5.74) is 0. The SMILES string of the molecule is Cn1ccnc1CN1CCN(Cc2ccc([C@@H]3CCCCO3)o2)CC1. The summed E-state index contributed by atoms with van der Waals surface area (Å²) in [6.45, 7) is 6.97. The third-order valence-electron chi connectivity index (χ3n) is 5.31. The number of piperazine rings is 1. The number of imidazole rings is 1. The van der Waals surface area contributed by atoms with Crippen LogP contribution in [0.25, 0.3) is 0 Å². The van der Waals surface area contributed by atoms with Crippen LogP contribution in [0, 0.1) is 0 Å². The number of hydrogen-bond acceptors (Lipinski definition) is 5. The Labute approximate surface area is 149 Å². The van der Waals surface area contributed by atoms with E-state index in [0.29, 0.717) is 0 Å². The maximum absolute atomic E-state index is 6.06. The molecule has 0 bridgehead atoms. The second-order valence-corrected chi connectivity index (χ2v) is 7.17. The summed E-state index contributed by atoms with van der Waals surface area (Å²) in [7, 11) is 2.06.